The molecular weight excluding hydrogens is 215 g/mol. The third-order valence-corrected chi connectivity index (χ3v) is 3.51. The zero-order valence-electron chi connectivity index (χ0n) is 9.88. The van der Waals surface area contributed by atoms with E-state index < -0.39 is 0 Å². The molecule has 1 saturated carbocycles. The Hall–Kier alpha value is -1.40. The monoisotopic (exact) mass is 232 g/mol. The number of halogens is 1. The fraction of sp³-hybridized carbons (Fsp3) is 0.500. The first-order valence-corrected chi connectivity index (χ1v) is 6.11. The molecule has 0 amide bonds. The number of rotatable bonds is 5. The molecule has 1 fully saturated rings. The second kappa shape index (κ2) is 5.29. The summed E-state index contributed by atoms with van der Waals surface area (Å²) in [6.45, 7) is 1.62. The summed E-state index contributed by atoms with van der Waals surface area (Å²) in [5, 5.41) is 12.4. The van der Waals surface area contributed by atoms with Crippen molar-refractivity contribution in [3.05, 3.63) is 35.6 Å². The van der Waals surface area contributed by atoms with Gasteiger partial charge in [-0.15, -0.1) is 0 Å². The van der Waals surface area contributed by atoms with Crippen LogP contribution in [0.4, 0.5) is 4.39 Å². The van der Waals surface area contributed by atoms with Gasteiger partial charge in [-0.3, -0.25) is 0 Å². The van der Waals surface area contributed by atoms with Gasteiger partial charge in [0.15, 0.2) is 0 Å². The van der Waals surface area contributed by atoms with E-state index in [0.29, 0.717) is 0 Å². The van der Waals surface area contributed by atoms with Crippen LogP contribution in [0, 0.1) is 22.6 Å². The first-order valence-electron chi connectivity index (χ1n) is 6.11. The molecule has 0 saturated heterocycles. The summed E-state index contributed by atoms with van der Waals surface area (Å²) in [6, 6.07) is 8.99. The lowest BCUT2D eigenvalue weighted by Crippen LogP contribution is -2.39. The first kappa shape index (κ1) is 12.1. The molecule has 1 aliphatic carbocycles. The molecule has 2 nitrogen and oxygen atoms in total. The summed E-state index contributed by atoms with van der Waals surface area (Å²) >= 11 is 0. The van der Waals surface area contributed by atoms with E-state index in [1.165, 1.54) is 18.6 Å². The first-order chi connectivity index (χ1) is 8.24. The quantitative estimate of drug-likeness (QED) is 0.792. The van der Waals surface area contributed by atoms with E-state index in [9.17, 15) is 4.39 Å². The highest BCUT2D eigenvalue weighted by atomic mass is 19.1. The van der Waals surface area contributed by atoms with Gasteiger partial charge in [0.05, 0.1) is 11.5 Å². The molecule has 1 aromatic carbocycles. The number of nitrogens with one attached hydrogen (secondary N) is 1. The molecule has 0 unspecified atom stereocenters. The van der Waals surface area contributed by atoms with Crippen molar-refractivity contribution >= 4 is 0 Å². The van der Waals surface area contributed by atoms with Crippen LogP contribution in [-0.2, 0) is 6.42 Å². The maximum Gasteiger partial charge on any atom is 0.123 e. The lowest BCUT2D eigenvalue weighted by atomic mass is 9.70. The Balaban J connectivity index is 1.70. The smallest absolute Gasteiger partial charge is 0.123 e. The Morgan fingerprint density at radius 2 is 2.00 bits per heavy atom. The van der Waals surface area contributed by atoms with E-state index in [1.807, 2.05) is 0 Å². The summed E-state index contributed by atoms with van der Waals surface area (Å²) in [4.78, 5) is 0. The van der Waals surface area contributed by atoms with Crippen molar-refractivity contribution in [1.82, 2.24) is 5.32 Å². The molecule has 0 heterocycles. The van der Waals surface area contributed by atoms with Crippen LogP contribution in [0.2, 0.25) is 0 Å². The van der Waals surface area contributed by atoms with Gasteiger partial charge in [-0.05, 0) is 43.5 Å². The average molecular weight is 232 g/mol. The third-order valence-electron chi connectivity index (χ3n) is 3.51. The Morgan fingerprint density at radius 1 is 1.29 bits per heavy atom. The van der Waals surface area contributed by atoms with Crippen molar-refractivity contribution in [2.45, 2.75) is 25.7 Å². The van der Waals surface area contributed by atoms with Crippen LogP contribution in [0.3, 0.4) is 0 Å². The number of nitriles is 1. The molecular formula is C14H17FN2. The fourth-order valence-corrected chi connectivity index (χ4v) is 2.14. The topological polar surface area (TPSA) is 35.8 Å². The highest BCUT2D eigenvalue weighted by Crippen LogP contribution is 2.39. The van der Waals surface area contributed by atoms with Crippen molar-refractivity contribution in [3.63, 3.8) is 0 Å². The molecule has 0 atom stereocenters. The van der Waals surface area contributed by atoms with Gasteiger partial charge < -0.3 is 5.32 Å². The standard InChI is InChI=1S/C14H17FN2/c15-13-4-2-12(3-5-13)6-9-17-11-14(10-16)7-1-8-14/h2-5,17H,1,6-9,11H2. The molecule has 0 aliphatic heterocycles. The third kappa shape index (κ3) is 3.04. The summed E-state index contributed by atoms with van der Waals surface area (Å²) in [7, 11) is 0. The fourth-order valence-electron chi connectivity index (χ4n) is 2.14. The van der Waals surface area contributed by atoms with E-state index >= 15 is 0 Å². The van der Waals surface area contributed by atoms with Crippen molar-refractivity contribution in [1.29, 1.82) is 5.26 Å². The van der Waals surface area contributed by atoms with Gasteiger partial charge >= 0.3 is 0 Å². The Bertz CT molecular complexity index is 401. The SMILES string of the molecule is N#CC1(CNCCc2ccc(F)cc2)CCC1. The lowest BCUT2D eigenvalue weighted by Gasteiger charge is -2.35. The number of hydrogen-bond donors (Lipinski definition) is 1. The van der Waals surface area contributed by atoms with Crippen LogP contribution < -0.4 is 5.32 Å². The zero-order valence-corrected chi connectivity index (χ0v) is 9.88. The molecule has 90 valence electrons. The van der Waals surface area contributed by atoms with Crippen LogP contribution in [0.5, 0.6) is 0 Å². The molecule has 0 spiro atoms. The molecule has 0 aromatic heterocycles. The normalized spacial score (nSPS) is 17.2. The Labute approximate surface area is 101 Å². The maximum atomic E-state index is 12.7. The average Bonchev–Trinajstić information content (AvgIpc) is 2.30. The highest BCUT2D eigenvalue weighted by Gasteiger charge is 2.36. The van der Waals surface area contributed by atoms with Gasteiger partial charge in [0.1, 0.15) is 5.82 Å². The second-order valence-electron chi connectivity index (χ2n) is 4.80. The predicted octanol–water partition coefficient (Wildman–Crippen LogP) is 2.65. The van der Waals surface area contributed by atoms with Crippen LogP contribution in [0.1, 0.15) is 24.8 Å². The van der Waals surface area contributed by atoms with Crippen LogP contribution in [-0.4, -0.2) is 13.1 Å². The summed E-state index contributed by atoms with van der Waals surface area (Å²) in [6.07, 6.45) is 4.09. The summed E-state index contributed by atoms with van der Waals surface area (Å²) in [5.74, 6) is -0.195. The van der Waals surface area contributed by atoms with Gasteiger partial charge in [0.2, 0.25) is 0 Å². The molecule has 0 bridgehead atoms. The predicted molar refractivity (Wildman–Crippen MR) is 64.9 cm³/mol. The lowest BCUT2D eigenvalue weighted by molar-refractivity contribution is 0.208. The Morgan fingerprint density at radius 3 is 2.53 bits per heavy atom. The molecule has 3 heteroatoms. The van der Waals surface area contributed by atoms with Gasteiger partial charge in [-0.1, -0.05) is 18.6 Å². The van der Waals surface area contributed by atoms with Gasteiger partial charge in [-0.25, -0.2) is 4.39 Å². The molecule has 1 aliphatic rings. The van der Waals surface area contributed by atoms with Gasteiger partial charge in [0.25, 0.3) is 0 Å². The molecule has 0 radical (unpaired) electrons. The molecule has 2 rings (SSSR count). The van der Waals surface area contributed by atoms with E-state index in [0.717, 1.165) is 37.9 Å². The minimum atomic E-state index is -0.195. The number of hydrogen-bond acceptors (Lipinski definition) is 2. The van der Waals surface area contributed by atoms with Crippen molar-refractivity contribution < 1.29 is 4.39 Å². The van der Waals surface area contributed by atoms with E-state index in [4.69, 9.17) is 5.26 Å². The number of benzene rings is 1. The van der Waals surface area contributed by atoms with Gasteiger partial charge in [-0.2, -0.15) is 5.26 Å². The highest BCUT2D eigenvalue weighted by molar-refractivity contribution is 5.16. The van der Waals surface area contributed by atoms with Crippen molar-refractivity contribution in [2.75, 3.05) is 13.1 Å². The van der Waals surface area contributed by atoms with Crippen molar-refractivity contribution in [3.8, 4) is 6.07 Å². The van der Waals surface area contributed by atoms with E-state index in [1.54, 1.807) is 12.1 Å². The van der Waals surface area contributed by atoms with Gasteiger partial charge in [0, 0.05) is 6.54 Å². The largest absolute Gasteiger partial charge is 0.315 e. The Kier molecular flexibility index (Phi) is 3.75. The summed E-state index contributed by atoms with van der Waals surface area (Å²) < 4.78 is 12.7. The molecule has 1 N–H and O–H groups in total. The zero-order chi connectivity index (χ0) is 12.1. The second-order valence-corrected chi connectivity index (χ2v) is 4.80. The van der Waals surface area contributed by atoms with Crippen LogP contribution in [0.25, 0.3) is 0 Å². The minimum absolute atomic E-state index is 0.108. The van der Waals surface area contributed by atoms with Crippen molar-refractivity contribution in [2.24, 2.45) is 5.41 Å². The molecule has 17 heavy (non-hydrogen) atoms. The van der Waals surface area contributed by atoms with Crippen LogP contribution >= 0.6 is 0 Å². The minimum Gasteiger partial charge on any atom is -0.315 e. The maximum absolute atomic E-state index is 12.7. The molecule has 1 aromatic rings. The summed E-state index contributed by atoms with van der Waals surface area (Å²) in [5.41, 5.74) is 1.02. The number of nitrogens with zero attached hydrogens (tertiary/aromatic N) is 1. The van der Waals surface area contributed by atoms with E-state index in [2.05, 4.69) is 11.4 Å². The van der Waals surface area contributed by atoms with E-state index in [-0.39, 0.29) is 11.2 Å². The van der Waals surface area contributed by atoms with Crippen LogP contribution in [0.15, 0.2) is 24.3 Å².